The maximum atomic E-state index is 14.1. The highest BCUT2D eigenvalue weighted by atomic mass is 35.5. The van der Waals surface area contributed by atoms with Crippen LogP contribution in [-0.2, 0) is 6.54 Å². The lowest BCUT2D eigenvalue weighted by atomic mass is 10.1. The van der Waals surface area contributed by atoms with E-state index in [2.05, 4.69) is 5.32 Å². The van der Waals surface area contributed by atoms with Crippen LogP contribution in [0.1, 0.15) is 27.9 Å². The number of carbonyl (C=O) groups is 2. The first-order valence-corrected chi connectivity index (χ1v) is 10.9. The lowest BCUT2D eigenvalue weighted by Gasteiger charge is -2.36. The van der Waals surface area contributed by atoms with Crippen molar-refractivity contribution in [2.24, 2.45) is 0 Å². The fraction of sp³-hybridized carbons (Fsp3) is 0.200. The Morgan fingerprint density at radius 2 is 1.73 bits per heavy atom. The van der Waals surface area contributed by atoms with Gasteiger partial charge in [-0.3, -0.25) is 9.69 Å². The van der Waals surface area contributed by atoms with Crippen LogP contribution in [0.3, 0.4) is 0 Å². The Kier molecular flexibility index (Phi) is 6.60. The Hall–Kier alpha value is -3.45. The van der Waals surface area contributed by atoms with E-state index in [9.17, 15) is 18.4 Å². The van der Waals surface area contributed by atoms with Gasteiger partial charge in [-0.15, -0.1) is 0 Å². The minimum absolute atomic E-state index is 0.145. The first-order chi connectivity index (χ1) is 15.8. The highest BCUT2D eigenvalue weighted by Gasteiger charge is 2.30. The summed E-state index contributed by atoms with van der Waals surface area (Å²) in [4.78, 5) is 29.0. The van der Waals surface area contributed by atoms with Crippen molar-refractivity contribution in [2.45, 2.75) is 19.9 Å². The van der Waals surface area contributed by atoms with Gasteiger partial charge in [0.2, 0.25) is 0 Å². The van der Waals surface area contributed by atoms with Gasteiger partial charge < -0.3 is 10.2 Å². The summed E-state index contributed by atoms with van der Waals surface area (Å²) in [7, 11) is 0. The average molecular weight is 470 g/mol. The number of benzene rings is 3. The first kappa shape index (κ1) is 22.7. The highest BCUT2D eigenvalue weighted by Crippen LogP contribution is 2.31. The van der Waals surface area contributed by atoms with E-state index in [-0.39, 0.29) is 24.0 Å². The second kappa shape index (κ2) is 9.58. The quantitative estimate of drug-likeness (QED) is 0.497. The van der Waals surface area contributed by atoms with Crippen LogP contribution in [0, 0.1) is 18.6 Å². The summed E-state index contributed by atoms with van der Waals surface area (Å²) in [5.41, 5.74) is 2.18. The van der Waals surface area contributed by atoms with Crippen LogP contribution in [0.25, 0.3) is 0 Å². The van der Waals surface area contributed by atoms with Crippen LogP contribution < -0.4 is 10.2 Å². The van der Waals surface area contributed by atoms with E-state index in [1.54, 1.807) is 36.4 Å². The lowest BCUT2D eigenvalue weighted by molar-refractivity contribution is 0.102. The van der Waals surface area contributed by atoms with Crippen molar-refractivity contribution >= 4 is 34.9 Å². The van der Waals surface area contributed by atoms with Gasteiger partial charge in [-0.2, -0.15) is 0 Å². The molecule has 0 aromatic heterocycles. The van der Waals surface area contributed by atoms with Gasteiger partial charge in [0.1, 0.15) is 11.6 Å². The van der Waals surface area contributed by atoms with Crippen LogP contribution in [0.15, 0.2) is 60.7 Å². The number of anilines is 2. The van der Waals surface area contributed by atoms with Gasteiger partial charge >= 0.3 is 6.03 Å². The van der Waals surface area contributed by atoms with Gasteiger partial charge in [-0.05, 0) is 67.4 Å². The third-order valence-electron chi connectivity index (χ3n) is 5.52. The fourth-order valence-corrected chi connectivity index (χ4v) is 3.93. The van der Waals surface area contributed by atoms with Gasteiger partial charge in [0.15, 0.2) is 0 Å². The molecule has 0 unspecified atom stereocenters. The van der Waals surface area contributed by atoms with Crippen LogP contribution in [-0.4, -0.2) is 29.9 Å². The zero-order chi connectivity index (χ0) is 23.5. The molecule has 1 fully saturated rings. The molecule has 1 aliphatic rings. The summed E-state index contributed by atoms with van der Waals surface area (Å²) in [6.07, 6.45) is 0.611. The molecule has 3 aromatic rings. The Morgan fingerprint density at radius 1 is 1.03 bits per heavy atom. The molecule has 5 nitrogen and oxygen atoms in total. The molecule has 1 heterocycles. The van der Waals surface area contributed by atoms with Crippen LogP contribution in [0.2, 0.25) is 5.02 Å². The Labute approximate surface area is 195 Å². The van der Waals surface area contributed by atoms with E-state index in [4.69, 9.17) is 11.6 Å². The number of amides is 3. The molecular weight excluding hydrogens is 448 g/mol. The third kappa shape index (κ3) is 4.98. The molecule has 0 saturated carbocycles. The molecule has 1 N–H and O–H groups in total. The van der Waals surface area contributed by atoms with Crippen molar-refractivity contribution in [3.63, 3.8) is 0 Å². The summed E-state index contributed by atoms with van der Waals surface area (Å²) in [6.45, 7) is 2.50. The number of halogens is 3. The van der Waals surface area contributed by atoms with Crippen molar-refractivity contribution in [1.29, 1.82) is 0 Å². The Balaban J connectivity index is 1.59. The standard InChI is InChI=1S/C25H22ClF2N3O2/c1-16-6-11-23(22(14-16)29-24(32)17-7-9-18(26)10-8-17)31-13-3-12-30(25(31)33)15-19-20(27)4-2-5-21(19)28/h2,4-11,14H,3,12-13,15H2,1H3,(H,29,32). The zero-order valence-corrected chi connectivity index (χ0v) is 18.7. The van der Waals surface area contributed by atoms with Gasteiger partial charge in [0.05, 0.1) is 17.9 Å². The van der Waals surface area contributed by atoms with E-state index < -0.39 is 11.6 Å². The molecule has 33 heavy (non-hydrogen) atoms. The van der Waals surface area contributed by atoms with Crippen molar-refractivity contribution in [3.8, 4) is 0 Å². The second-order valence-electron chi connectivity index (χ2n) is 7.89. The number of carbonyl (C=O) groups excluding carboxylic acids is 2. The van der Waals surface area contributed by atoms with Crippen molar-refractivity contribution in [3.05, 3.63) is 94.0 Å². The minimum atomic E-state index is -0.689. The van der Waals surface area contributed by atoms with Crippen molar-refractivity contribution < 1.29 is 18.4 Å². The molecule has 4 rings (SSSR count). The maximum Gasteiger partial charge on any atom is 0.324 e. The number of rotatable bonds is 5. The molecule has 170 valence electrons. The Morgan fingerprint density at radius 3 is 2.42 bits per heavy atom. The predicted octanol–water partition coefficient (Wildman–Crippen LogP) is 6.01. The molecule has 1 saturated heterocycles. The van der Waals surface area contributed by atoms with Crippen LogP contribution in [0.4, 0.5) is 25.0 Å². The second-order valence-corrected chi connectivity index (χ2v) is 8.33. The predicted molar refractivity (Wildman–Crippen MR) is 125 cm³/mol. The average Bonchev–Trinajstić information content (AvgIpc) is 2.78. The maximum absolute atomic E-state index is 14.1. The zero-order valence-electron chi connectivity index (χ0n) is 17.9. The van der Waals surface area contributed by atoms with Crippen LogP contribution in [0.5, 0.6) is 0 Å². The van der Waals surface area contributed by atoms with Gasteiger partial charge in [0.25, 0.3) is 5.91 Å². The molecular formula is C25H22ClF2N3O2. The Bertz CT molecular complexity index is 1180. The molecule has 0 aliphatic carbocycles. The van der Waals surface area contributed by atoms with Gasteiger partial charge in [-0.1, -0.05) is 23.7 Å². The van der Waals surface area contributed by atoms with E-state index in [0.717, 1.165) is 5.56 Å². The minimum Gasteiger partial charge on any atom is -0.320 e. The number of nitrogens with zero attached hydrogens (tertiary/aromatic N) is 2. The highest BCUT2D eigenvalue weighted by molar-refractivity contribution is 6.30. The topological polar surface area (TPSA) is 52.6 Å². The van der Waals surface area contributed by atoms with E-state index in [1.807, 2.05) is 13.0 Å². The summed E-state index contributed by atoms with van der Waals surface area (Å²) >= 11 is 5.90. The molecule has 3 aromatic carbocycles. The molecule has 0 bridgehead atoms. The largest absolute Gasteiger partial charge is 0.324 e. The molecule has 0 atom stereocenters. The van der Waals surface area contributed by atoms with E-state index in [0.29, 0.717) is 41.5 Å². The van der Waals surface area contributed by atoms with Gasteiger partial charge in [0, 0.05) is 29.2 Å². The smallest absolute Gasteiger partial charge is 0.320 e. The van der Waals surface area contributed by atoms with E-state index >= 15 is 0 Å². The van der Waals surface area contributed by atoms with Gasteiger partial charge in [-0.25, -0.2) is 13.6 Å². The molecule has 0 spiro atoms. The van der Waals surface area contributed by atoms with Crippen LogP contribution >= 0.6 is 11.6 Å². The van der Waals surface area contributed by atoms with E-state index in [1.165, 1.54) is 28.0 Å². The summed E-state index contributed by atoms with van der Waals surface area (Å²) in [6, 6.07) is 15.1. The summed E-state index contributed by atoms with van der Waals surface area (Å²) < 4.78 is 28.3. The summed E-state index contributed by atoms with van der Waals surface area (Å²) in [5.74, 6) is -1.72. The monoisotopic (exact) mass is 469 g/mol. The van der Waals surface area contributed by atoms with Crippen molar-refractivity contribution in [1.82, 2.24) is 4.90 Å². The molecule has 0 radical (unpaired) electrons. The molecule has 8 heteroatoms. The lowest BCUT2D eigenvalue weighted by Crippen LogP contribution is -2.49. The first-order valence-electron chi connectivity index (χ1n) is 10.5. The number of hydrogen-bond donors (Lipinski definition) is 1. The molecule has 3 amide bonds. The number of aryl methyl sites for hydroxylation is 1. The van der Waals surface area contributed by atoms with Crippen molar-refractivity contribution in [2.75, 3.05) is 23.3 Å². The third-order valence-corrected chi connectivity index (χ3v) is 5.77. The number of urea groups is 1. The SMILES string of the molecule is Cc1ccc(N2CCCN(Cc3c(F)cccc3F)C2=O)c(NC(=O)c2ccc(Cl)cc2)c1. The number of nitrogens with one attached hydrogen (secondary N) is 1. The fourth-order valence-electron chi connectivity index (χ4n) is 3.81. The molecule has 1 aliphatic heterocycles. The normalized spacial score (nSPS) is 13.9. The number of hydrogen-bond acceptors (Lipinski definition) is 2. The summed E-state index contributed by atoms with van der Waals surface area (Å²) in [5, 5.41) is 3.39.